The van der Waals surface area contributed by atoms with E-state index >= 15 is 0 Å². The molecule has 1 saturated heterocycles. The summed E-state index contributed by atoms with van der Waals surface area (Å²) in [6.45, 7) is 4.18. The van der Waals surface area contributed by atoms with Crippen molar-refractivity contribution in [1.29, 1.82) is 0 Å². The van der Waals surface area contributed by atoms with Crippen molar-refractivity contribution in [2.45, 2.75) is 45.1 Å². The van der Waals surface area contributed by atoms with E-state index in [1.54, 1.807) is 0 Å². The minimum Gasteiger partial charge on any atom is -0.355 e. The van der Waals surface area contributed by atoms with Crippen molar-refractivity contribution in [3.05, 3.63) is 0 Å². The molecule has 0 aromatic rings. The lowest BCUT2D eigenvalue weighted by Crippen LogP contribution is -2.41. The molecule has 0 radical (unpaired) electrons. The van der Waals surface area contributed by atoms with Crippen molar-refractivity contribution in [2.75, 3.05) is 13.1 Å². The predicted octanol–water partition coefficient (Wildman–Crippen LogP) is 1.04. The molecule has 3 heteroatoms. The molecule has 1 heterocycles. The van der Waals surface area contributed by atoms with Gasteiger partial charge in [0.05, 0.1) is 6.04 Å². The number of nitrogens with one attached hydrogen (secondary N) is 2. The number of carbonyl (C=O) groups is 1. The summed E-state index contributed by atoms with van der Waals surface area (Å²) >= 11 is 0. The molecule has 1 amide bonds. The Balaban J connectivity index is 1.78. The molecule has 1 unspecified atom stereocenters. The van der Waals surface area contributed by atoms with Gasteiger partial charge in [-0.3, -0.25) is 4.79 Å². The van der Waals surface area contributed by atoms with E-state index in [1.165, 1.54) is 25.7 Å². The standard InChI is InChI=1S/C11H20N2O/c1-11(5-2-3-6-11)8-13-9-4-7-12-10(9)14/h9,13H,2-8H2,1H3,(H,12,14). The van der Waals surface area contributed by atoms with Gasteiger partial charge < -0.3 is 10.6 Å². The highest BCUT2D eigenvalue weighted by Gasteiger charge is 2.31. The summed E-state index contributed by atoms with van der Waals surface area (Å²) in [7, 11) is 0. The summed E-state index contributed by atoms with van der Waals surface area (Å²) in [4.78, 5) is 11.3. The monoisotopic (exact) mass is 196 g/mol. The summed E-state index contributed by atoms with van der Waals surface area (Å²) in [5, 5.41) is 6.26. The molecular formula is C11H20N2O. The summed E-state index contributed by atoms with van der Waals surface area (Å²) in [5.41, 5.74) is 0.447. The molecule has 2 fully saturated rings. The fourth-order valence-corrected chi connectivity index (χ4v) is 2.56. The Kier molecular flexibility index (Phi) is 2.77. The van der Waals surface area contributed by atoms with E-state index in [-0.39, 0.29) is 11.9 Å². The molecule has 14 heavy (non-hydrogen) atoms. The Hall–Kier alpha value is -0.570. The van der Waals surface area contributed by atoms with Crippen LogP contribution >= 0.6 is 0 Å². The molecule has 1 saturated carbocycles. The molecule has 2 aliphatic rings. The van der Waals surface area contributed by atoms with Gasteiger partial charge in [-0.05, 0) is 24.7 Å². The van der Waals surface area contributed by atoms with Gasteiger partial charge in [0.25, 0.3) is 0 Å². The predicted molar refractivity (Wildman–Crippen MR) is 56.0 cm³/mol. The number of rotatable bonds is 3. The maximum atomic E-state index is 11.3. The van der Waals surface area contributed by atoms with Crippen molar-refractivity contribution in [2.24, 2.45) is 5.41 Å². The van der Waals surface area contributed by atoms with E-state index in [0.29, 0.717) is 5.41 Å². The van der Waals surface area contributed by atoms with Gasteiger partial charge in [0.2, 0.25) is 5.91 Å². The Labute approximate surface area is 85.6 Å². The fourth-order valence-electron chi connectivity index (χ4n) is 2.56. The first-order valence-corrected chi connectivity index (χ1v) is 5.71. The second-order valence-electron chi connectivity index (χ2n) is 5.03. The van der Waals surface area contributed by atoms with Crippen LogP contribution in [0.4, 0.5) is 0 Å². The Morgan fingerprint density at radius 1 is 1.50 bits per heavy atom. The zero-order valence-electron chi connectivity index (χ0n) is 8.94. The van der Waals surface area contributed by atoms with Gasteiger partial charge in [-0.2, -0.15) is 0 Å². The quantitative estimate of drug-likeness (QED) is 0.708. The molecule has 2 rings (SSSR count). The van der Waals surface area contributed by atoms with Gasteiger partial charge in [-0.1, -0.05) is 19.8 Å². The molecule has 80 valence electrons. The lowest BCUT2D eigenvalue weighted by molar-refractivity contribution is -0.120. The maximum absolute atomic E-state index is 11.3. The third-order valence-corrected chi connectivity index (χ3v) is 3.63. The average Bonchev–Trinajstić information content (AvgIpc) is 2.73. The van der Waals surface area contributed by atoms with Gasteiger partial charge in [-0.15, -0.1) is 0 Å². The van der Waals surface area contributed by atoms with Crippen molar-refractivity contribution in [1.82, 2.24) is 10.6 Å². The van der Waals surface area contributed by atoms with Crippen LogP contribution in [0.5, 0.6) is 0 Å². The van der Waals surface area contributed by atoms with Gasteiger partial charge in [0, 0.05) is 13.1 Å². The molecule has 3 nitrogen and oxygen atoms in total. The first-order valence-electron chi connectivity index (χ1n) is 5.71. The van der Waals surface area contributed by atoms with Crippen LogP contribution in [-0.2, 0) is 4.79 Å². The highest BCUT2D eigenvalue weighted by molar-refractivity contribution is 5.83. The van der Waals surface area contributed by atoms with Crippen molar-refractivity contribution in [3.8, 4) is 0 Å². The SMILES string of the molecule is CC1(CNC2CCNC2=O)CCCC1. The molecule has 0 aromatic carbocycles. The Morgan fingerprint density at radius 2 is 2.21 bits per heavy atom. The van der Waals surface area contributed by atoms with Crippen LogP contribution in [0.15, 0.2) is 0 Å². The van der Waals surface area contributed by atoms with Crippen LogP contribution in [0, 0.1) is 5.41 Å². The second kappa shape index (κ2) is 3.89. The Morgan fingerprint density at radius 3 is 2.79 bits per heavy atom. The zero-order valence-corrected chi connectivity index (χ0v) is 8.94. The van der Waals surface area contributed by atoms with Crippen molar-refractivity contribution < 1.29 is 4.79 Å². The van der Waals surface area contributed by atoms with E-state index in [4.69, 9.17) is 0 Å². The van der Waals surface area contributed by atoms with E-state index < -0.39 is 0 Å². The topological polar surface area (TPSA) is 41.1 Å². The van der Waals surface area contributed by atoms with Crippen LogP contribution in [0.25, 0.3) is 0 Å². The van der Waals surface area contributed by atoms with Crippen LogP contribution in [0.1, 0.15) is 39.0 Å². The van der Waals surface area contributed by atoms with Crippen LogP contribution < -0.4 is 10.6 Å². The largest absolute Gasteiger partial charge is 0.355 e. The number of amides is 1. The number of hydrogen-bond donors (Lipinski definition) is 2. The first-order chi connectivity index (χ1) is 6.70. The molecule has 0 bridgehead atoms. The summed E-state index contributed by atoms with van der Waals surface area (Å²) in [5.74, 6) is 0.187. The molecule has 1 aliphatic heterocycles. The summed E-state index contributed by atoms with van der Waals surface area (Å²) in [6, 6.07) is 0.0763. The summed E-state index contributed by atoms with van der Waals surface area (Å²) in [6.07, 6.45) is 6.29. The van der Waals surface area contributed by atoms with E-state index in [2.05, 4.69) is 17.6 Å². The van der Waals surface area contributed by atoms with Crippen molar-refractivity contribution in [3.63, 3.8) is 0 Å². The highest BCUT2D eigenvalue weighted by atomic mass is 16.2. The maximum Gasteiger partial charge on any atom is 0.237 e. The minimum absolute atomic E-state index is 0.0763. The fraction of sp³-hybridized carbons (Fsp3) is 0.909. The lowest BCUT2D eigenvalue weighted by atomic mass is 9.88. The molecule has 1 atom stereocenters. The van der Waals surface area contributed by atoms with E-state index in [9.17, 15) is 4.79 Å². The molecule has 1 aliphatic carbocycles. The summed E-state index contributed by atoms with van der Waals surface area (Å²) < 4.78 is 0. The number of carbonyl (C=O) groups excluding carboxylic acids is 1. The zero-order chi connectivity index (χ0) is 10.0. The van der Waals surface area contributed by atoms with Crippen LogP contribution in [-0.4, -0.2) is 25.0 Å². The first kappa shape index (κ1) is 9.97. The van der Waals surface area contributed by atoms with Crippen LogP contribution in [0.3, 0.4) is 0 Å². The third-order valence-electron chi connectivity index (χ3n) is 3.63. The van der Waals surface area contributed by atoms with Crippen molar-refractivity contribution >= 4 is 5.91 Å². The van der Waals surface area contributed by atoms with Gasteiger partial charge in [0.1, 0.15) is 0 Å². The van der Waals surface area contributed by atoms with E-state index in [1.807, 2.05) is 0 Å². The molecule has 2 N–H and O–H groups in total. The molecule has 0 spiro atoms. The molecular weight excluding hydrogens is 176 g/mol. The average molecular weight is 196 g/mol. The molecule has 0 aromatic heterocycles. The van der Waals surface area contributed by atoms with Gasteiger partial charge in [-0.25, -0.2) is 0 Å². The van der Waals surface area contributed by atoms with Crippen LogP contribution in [0.2, 0.25) is 0 Å². The lowest BCUT2D eigenvalue weighted by Gasteiger charge is -2.25. The normalized spacial score (nSPS) is 30.6. The second-order valence-corrected chi connectivity index (χ2v) is 5.03. The van der Waals surface area contributed by atoms with E-state index in [0.717, 1.165) is 19.5 Å². The Bertz CT molecular complexity index is 221. The highest BCUT2D eigenvalue weighted by Crippen LogP contribution is 2.36. The minimum atomic E-state index is 0.0763. The third kappa shape index (κ3) is 2.08. The number of hydrogen-bond acceptors (Lipinski definition) is 2. The smallest absolute Gasteiger partial charge is 0.237 e. The van der Waals surface area contributed by atoms with Gasteiger partial charge in [0.15, 0.2) is 0 Å². The van der Waals surface area contributed by atoms with Gasteiger partial charge >= 0.3 is 0 Å².